The number of aromatic nitrogens is 5. The van der Waals surface area contributed by atoms with Crippen LogP contribution in [0.2, 0.25) is 0 Å². The van der Waals surface area contributed by atoms with Crippen molar-refractivity contribution in [3.05, 3.63) is 65.1 Å². The Morgan fingerprint density at radius 1 is 1.21 bits per heavy atom. The Hall–Kier alpha value is -3.13. The van der Waals surface area contributed by atoms with Crippen molar-refractivity contribution in [1.29, 1.82) is 0 Å². The Morgan fingerprint density at radius 2 is 2.07 bits per heavy atom. The number of rotatable bonds is 3. The second-order valence-electron chi connectivity index (χ2n) is 6.83. The molecule has 0 atom stereocenters. The van der Waals surface area contributed by atoms with Crippen LogP contribution in [0.15, 0.2) is 43.1 Å². The molecule has 0 radical (unpaired) electrons. The summed E-state index contributed by atoms with van der Waals surface area (Å²) < 4.78 is 2.00. The minimum atomic E-state index is 0.123. The second kappa shape index (κ2) is 6.79. The van der Waals surface area contributed by atoms with Crippen molar-refractivity contribution < 1.29 is 4.79 Å². The molecule has 1 aliphatic rings. The first-order valence-corrected chi connectivity index (χ1v) is 9.95. The highest BCUT2D eigenvalue weighted by molar-refractivity contribution is 7.15. The van der Waals surface area contributed by atoms with Crippen molar-refractivity contribution in [3.63, 3.8) is 0 Å². The highest BCUT2D eigenvalue weighted by Gasteiger charge is 2.25. The summed E-state index contributed by atoms with van der Waals surface area (Å²) in [6.07, 6.45) is 8.15. The molecule has 8 heteroatoms. The third-order valence-corrected chi connectivity index (χ3v) is 6.17. The maximum atomic E-state index is 13.0. The van der Waals surface area contributed by atoms with Gasteiger partial charge in [0.25, 0.3) is 0 Å². The number of amides is 1. The fourth-order valence-electron chi connectivity index (χ4n) is 3.57. The normalized spacial score (nSPS) is 13.7. The van der Waals surface area contributed by atoms with Crippen molar-refractivity contribution in [2.24, 2.45) is 0 Å². The van der Waals surface area contributed by atoms with E-state index in [1.54, 1.807) is 23.7 Å². The molecule has 0 aromatic carbocycles. The Kier molecular flexibility index (Phi) is 4.12. The summed E-state index contributed by atoms with van der Waals surface area (Å²) in [5.41, 5.74) is 4.74. The number of carbonyl (C=O) groups excluding carboxylic acids is 1. The smallest absolute Gasteiger partial charge is 0.228 e. The van der Waals surface area contributed by atoms with Crippen LogP contribution in [0, 0.1) is 6.92 Å². The predicted molar refractivity (Wildman–Crippen MR) is 106 cm³/mol. The summed E-state index contributed by atoms with van der Waals surface area (Å²) in [6.45, 7) is 3.26. The molecule has 28 heavy (non-hydrogen) atoms. The molecule has 0 unspecified atom stereocenters. The summed E-state index contributed by atoms with van der Waals surface area (Å²) in [5, 5.41) is 0.914. The van der Waals surface area contributed by atoms with Crippen LogP contribution in [0.5, 0.6) is 0 Å². The number of aryl methyl sites for hydroxylation is 1. The van der Waals surface area contributed by atoms with Crippen LogP contribution in [0.25, 0.3) is 16.2 Å². The van der Waals surface area contributed by atoms with Crippen LogP contribution in [-0.2, 0) is 24.2 Å². The lowest BCUT2D eigenvalue weighted by molar-refractivity contribution is -0.131. The molecule has 140 valence electrons. The first-order valence-electron chi connectivity index (χ1n) is 9.13. The minimum Gasteiger partial charge on any atom is -0.337 e. The fraction of sp³-hybridized carbons (Fsp3) is 0.250. The summed E-state index contributed by atoms with van der Waals surface area (Å²) >= 11 is 1.62. The Bertz CT molecular complexity index is 1170. The molecule has 1 amide bonds. The maximum absolute atomic E-state index is 13.0. The molecule has 0 spiro atoms. The first-order chi connectivity index (χ1) is 13.7. The Balaban J connectivity index is 1.36. The molecule has 0 saturated heterocycles. The largest absolute Gasteiger partial charge is 0.337 e. The zero-order valence-corrected chi connectivity index (χ0v) is 16.2. The van der Waals surface area contributed by atoms with Gasteiger partial charge in [-0.2, -0.15) is 0 Å². The lowest BCUT2D eigenvalue weighted by Gasteiger charge is -2.26. The van der Waals surface area contributed by atoms with Gasteiger partial charge in [-0.3, -0.25) is 4.79 Å². The van der Waals surface area contributed by atoms with E-state index in [2.05, 4.69) is 15.0 Å². The van der Waals surface area contributed by atoms with E-state index >= 15 is 0 Å². The van der Waals surface area contributed by atoms with Gasteiger partial charge >= 0.3 is 0 Å². The van der Waals surface area contributed by atoms with E-state index in [4.69, 9.17) is 4.98 Å². The van der Waals surface area contributed by atoms with Crippen molar-refractivity contribution in [2.75, 3.05) is 6.54 Å². The molecular weight excluding hydrogens is 372 g/mol. The van der Waals surface area contributed by atoms with Gasteiger partial charge in [-0.25, -0.2) is 19.9 Å². The average molecular weight is 390 g/mol. The second-order valence-corrected chi connectivity index (χ2v) is 7.91. The summed E-state index contributed by atoms with van der Waals surface area (Å²) in [5.74, 6) is 0.123. The number of hydrogen-bond acceptors (Lipinski definition) is 6. The molecule has 0 fully saturated rings. The van der Waals surface area contributed by atoms with Gasteiger partial charge in [0.05, 0.1) is 30.0 Å². The van der Waals surface area contributed by atoms with Gasteiger partial charge in [0.1, 0.15) is 17.0 Å². The zero-order valence-electron chi connectivity index (χ0n) is 15.4. The molecule has 7 nitrogen and oxygen atoms in total. The topological polar surface area (TPSA) is 76.3 Å². The predicted octanol–water partition coefficient (Wildman–Crippen LogP) is 2.68. The summed E-state index contributed by atoms with van der Waals surface area (Å²) in [4.78, 5) is 33.5. The van der Waals surface area contributed by atoms with Crippen molar-refractivity contribution in [1.82, 2.24) is 29.2 Å². The molecule has 5 rings (SSSR count). The van der Waals surface area contributed by atoms with Crippen LogP contribution in [-0.4, -0.2) is 41.7 Å². The number of imidazole rings is 1. The van der Waals surface area contributed by atoms with E-state index < -0.39 is 0 Å². The van der Waals surface area contributed by atoms with Crippen molar-refractivity contribution in [2.45, 2.75) is 26.3 Å². The molecule has 0 bridgehead atoms. The van der Waals surface area contributed by atoms with Crippen LogP contribution in [0.3, 0.4) is 0 Å². The lowest BCUT2D eigenvalue weighted by atomic mass is 10.1. The number of fused-ring (bicyclic) bond motifs is 2. The quantitative estimate of drug-likeness (QED) is 0.538. The number of thiazole rings is 1. The Morgan fingerprint density at radius 3 is 2.93 bits per heavy atom. The summed E-state index contributed by atoms with van der Waals surface area (Å²) in [6, 6.07) is 5.88. The van der Waals surface area contributed by atoms with E-state index in [-0.39, 0.29) is 5.91 Å². The molecule has 4 aromatic rings. The Labute approximate surface area is 165 Å². The highest BCUT2D eigenvalue weighted by Crippen LogP contribution is 2.31. The molecule has 0 saturated carbocycles. The van der Waals surface area contributed by atoms with Crippen LogP contribution in [0.1, 0.15) is 22.0 Å². The summed E-state index contributed by atoms with van der Waals surface area (Å²) in [7, 11) is 0. The SMILES string of the molecule is Cc1nc2ccccn2c1CC(=O)N1CCc2nc(-c3cncnc3)sc2C1. The van der Waals surface area contributed by atoms with E-state index in [0.29, 0.717) is 19.5 Å². The fourth-order valence-corrected chi connectivity index (χ4v) is 4.67. The number of nitrogens with zero attached hydrogens (tertiary/aromatic N) is 6. The first kappa shape index (κ1) is 17.0. The maximum Gasteiger partial charge on any atom is 0.228 e. The van der Waals surface area contributed by atoms with Gasteiger partial charge in [0.15, 0.2) is 0 Å². The molecular formula is C20H18N6OS. The molecule has 1 aliphatic heterocycles. The van der Waals surface area contributed by atoms with E-state index in [0.717, 1.165) is 44.6 Å². The monoisotopic (exact) mass is 390 g/mol. The minimum absolute atomic E-state index is 0.123. The molecule has 0 N–H and O–H groups in total. The molecule has 4 aromatic heterocycles. The molecule has 5 heterocycles. The van der Waals surface area contributed by atoms with Gasteiger partial charge in [-0.15, -0.1) is 11.3 Å². The van der Waals surface area contributed by atoms with Gasteiger partial charge in [-0.1, -0.05) is 6.07 Å². The van der Waals surface area contributed by atoms with E-state index in [1.807, 2.05) is 40.6 Å². The average Bonchev–Trinajstić information content (AvgIpc) is 3.29. The lowest BCUT2D eigenvalue weighted by Crippen LogP contribution is -2.36. The van der Waals surface area contributed by atoms with Crippen LogP contribution < -0.4 is 0 Å². The zero-order chi connectivity index (χ0) is 19.1. The van der Waals surface area contributed by atoms with Gasteiger partial charge in [0.2, 0.25) is 5.91 Å². The highest BCUT2D eigenvalue weighted by atomic mass is 32.1. The number of hydrogen-bond donors (Lipinski definition) is 0. The van der Waals surface area contributed by atoms with Crippen LogP contribution >= 0.6 is 11.3 Å². The number of carbonyl (C=O) groups is 1. The standard InChI is InChI=1S/C20H18N6OS/c1-13-16(26-6-3-2-4-18(26)23-13)8-19(27)25-7-5-15-17(11-25)28-20(24-15)14-9-21-12-22-10-14/h2-4,6,9-10,12H,5,7-8,11H2,1H3. The van der Waals surface area contributed by atoms with Gasteiger partial charge < -0.3 is 9.30 Å². The van der Waals surface area contributed by atoms with Crippen LogP contribution in [0.4, 0.5) is 0 Å². The van der Waals surface area contributed by atoms with E-state index in [1.165, 1.54) is 6.33 Å². The van der Waals surface area contributed by atoms with Crippen molar-refractivity contribution in [3.8, 4) is 10.6 Å². The van der Waals surface area contributed by atoms with Crippen molar-refractivity contribution >= 4 is 22.9 Å². The molecule has 0 aliphatic carbocycles. The van der Waals surface area contributed by atoms with Gasteiger partial charge in [0, 0.05) is 42.0 Å². The van der Waals surface area contributed by atoms with E-state index in [9.17, 15) is 4.79 Å². The third-order valence-electron chi connectivity index (χ3n) is 5.04. The van der Waals surface area contributed by atoms with Gasteiger partial charge in [-0.05, 0) is 19.1 Å². The third kappa shape index (κ3) is 2.95. The number of pyridine rings is 1.